The molecule has 2 saturated heterocycles. The maximum Gasteiger partial charge on any atom is 0.275 e. The molecule has 0 aliphatic carbocycles. The number of thiophene rings is 1. The summed E-state index contributed by atoms with van der Waals surface area (Å²) in [5.41, 5.74) is 2.03. The van der Waals surface area contributed by atoms with Gasteiger partial charge in [0.2, 0.25) is 11.8 Å². The van der Waals surface area contributed by atoms with Gasteiger partial charge in [-0.1, -0.05) is 18.2 Å². The van der Waals surface area contributed by atoms with Gasteiger partial charge in [0.1, 0.15) is 6.26 Å². The van der Waals surface area contributed by atoms with Crippen molar-refractivity contribution in [3.8, 4) is 11.5 Å². The van der Waals surface area contributed by atoms with Crippen LogP contribution in [0.5, 0.6) is 0 Å². The van der Waals surface area contributed by atoms with E-state index in [0.717, 1.165) is 16.0 Å². The zero-order valence-corrected chi connectivity index (χ0v) is 18.9. The molecular formula is C24H25N3O5S. The molecule has 2 fully saturated rings. The van der Waals surface area contributed by atoms with Gasteiger partial charge in [-0.2, -0.15) is 0 Å². The van der Waals surface area contributed by atoms with Crippen LogP contribution in [0.1, 0.15) is 33.8 Å². The molecule has 2 aliphatic rings. The van der Waals surface area contributed by atoms with Crippen LogP contribution in [0.4, 0.5) is 0 Å². The van der Waals surface area contributed by atoms with Crippen LogP contribution in [0, 0.1) is 0 Å². The molecule has 2 aromatic heterocycles. The van der Waals surface area contributed by atoms with E-state index in [0.29, 0.717) is 63.7 Å². The minimum Gasteiger partial charge on any atom is -0.444 e. The van der Waals surface area contributed by atoms with Crippen molar-refractivity contribution in [2.45, 2.75) is 31.6 Å². The Hall–Kier alpha value is -3.01. The molecule has 2 aliphatic heterocycles. The summed E-state index contributed by atoms with van der Waals surface area (Å²) in [5, 5.41) is 4.89. The first-order valence-corrected chi connectivity index (χ1v) is 11.9. The SMILES string of the molecule is O=C(Cc1cccs1)NCc1ccc(-c2nc(C(=O)N3CCC4(CC3)OCCO4)co2)cc1. The average molecular weight is 468 g/mol. The van der Waals surface area contributed by atoms with Crippen molar-refractivity contribution in [1.82, 2.24) is 15.2 Å². The second-order valence-corrected chi connectivity index (χ2v) is 9.20. The predicted octanol–water partition coefficient (Wildman–Crippen LogP) is 3.24. The third-order valence-corrected chi connectivity index (χ3v) is 6.83. The van der Waals surface area contributed by atoms with Crippen LogP contribution in [0.2, 0.25) is 0 Å². The van der Waals surface area contributed by atoms with E-state index in [2.05, 4.69) is 10.3 Å². The molecule has 2 amide bonds. The first-order chi connectivity index (χ1) is 16.1. The number of ether oxygens (including phenoxy) is 2. The van der Waals surface area contributed by atoms with Gasteiger partial charge in [-0.3, -0.25) is 9.59 Å². The van der Waals surface area contributed by atoms with E-state index in [4.69, 9.17) is 13.9 Å². The molecule has 4 heterocycles. The Morgan fingerprint density at radius 2 is 1.85 bits per heavy atom. The number of amides is 2. The van der Waals surface area contributed by atoms with E-state index in [1.54, 1.807) is 16.2 Å². The first-order valence-electron chi connectivity index (χ1n) is 11.0. The molecule has 33 heavy (non-hydrogen) atoms. The third-order valence-electron chi connectivity index (χ3n) is 5.95. The highest BCUT2D eigenvalue weighted by Crippen LogP contribution is 2.32. The van der Waals surface area contributed by atoms with Crippen LogP contribution in [0.15, 0.2) is 52.5 Å². The van der Waals surface area contributed by atoms with E-state index < -0.39 is 5.79 Å². The van der Waals surface area contributed by atoms with Gasteiger partial charge in [0.05, 0.1) is 19.6 Å². The molecule has 5 rings (SSSR count). The second kappa shape index (κ2) is 9.46. The molecule has 172 valence electrons. The van der Waals surface area contributed by atoms with Gasteiger partial charge in [-0.05, 0) is 29.1 Å². The van der Waals surface area contributed by atoms with Crippen LogP contribution in [-0.2, 0) is 27.2 Å². The number of rotatable bonds is 6. The number of aromatic nitrogens is 1. The van der Waals surface area contributed by atoms with Crippen molar-refractivity contribution in [1.29, 1.82) is 0 Å². The van der Waals surface area contributed by atoms with E-state index >= 15 is 0 Å². The maximum atomic E-state index is 12.8. The fourth-order valence-electron chi connectivity index (χ4n) is 4.10. The molecule has 9 heteroatoms. The minimum absolute atomic E-state index is 0.00734. The monoisotopic (exact) mass is 467 g/mol. The normalized spacial score (nSPS) is 17.4. The number of nitrogens with one attached hydrogen (secondary N) is 1. The quantitative estimate of drug-likeness (QED) is 0.598. The fourth-order valence-corrected chi connectivity index (χ4v) is 4.81. The number of hydrogen-bond acceptors (Lipinski definition) is 7. The predicted molar refractivity (Wildman–Crippen MR) is 122 cm³/mol. The fraction of sp³-hybridized carbons (Fsp3) is 0.375. The lowest BCUT2D eigenvalue weighted by Crippen LogP contribution is -2.47. The number of hydrogen-bond donors (Lipinski definition) is 1. The van der Waals surface area contributed by atoms with Crippen molar-refractivity contribution in [3.63, 3.8) is 0 Å². The van der Waals surface area contributed by atoms with Gasteiger partial charge in [0.15, 0.2) is 11.5 Å². The summed E-state index contributed by atoms with van der Waals surface area (Å²) < 4.78 is 17.0. The highest BCUT2D eigenvalue weighted by Gasteiger charge is 2.41. The highest BCUT2D eigenvalue weighted by atomic mass is 32.1. The Kier molecular flexibility index (Phi) is 6.26. The molecule has 0 atom stereocenters. The molecule has 1 N–H and O–H groups in total. The molecule has 1 spiro atoms. The van der Waals surface area contributed by atoms with Gasteiger partial charge in [-0.25, -0.2) is 4.98 Å². The Morgan fingerprint density at radius 3 is 2.55 bits per heavy atom. The molecule has 0 unspecified atom stereocenters. The molecule has 0 radical (unpaired) electrons. The van der Waals surface area contributed by atoms with Gasteiger partial charge in [0, 0.05) is 42.9 Å². The van der Waals surface area contributed by atoms with Crippen LogP contribution >= 0.6 is 11.3 Å². The molecule has 8 nitrogen and oxygen atoms in total. The maximum absolute atomic E-state index is 12.8. The molecule has 0 bridgehead atoms. The zero-order chi connectivity index (χ0) is 22.7. The Labute approximate surface area is 195 Å². The topological polar surface area (TPSA) is 93.9 Å². The third kappa shape index (κ3) is 5.00. The van der Waals surface area contributed by atoms with Crippen molar-refractivity contribution in [2.75, 3.05) is 26.3 Å². The summed E-state index contributed by atoms with van der Waals surface area (Å²) in [6.45, 7) is 2.80. The lowest BCUT2D eigenvalue weighted by atomic mass is 10.0. The smallest absolute Gasteiger partial charge is 0.275 e. The van der Waals surface area contributed by atoms with E-state index in [1.807, 2.05) is 41.8 Å². The summed E-state index contributed by atoms with van der Waals surface area (Å²) in [7, 11) is 0. The number of carbonyl (C=O) groups excluding carboxylic acids is 2. The number of piperidine rings is 1. The van der Waals surface area contributed by atoms with Gasteiger partial charge in [0.25, 0.3) is 5.91 Å². The number of benzene rings is 1. The average Bonchev–Trinajstić information content (AvgIpc) is 3.61. The van der Waals surface area contributed by atoms with Crippen LogP contribution < -0.4 is 5.32 Å². The van der Waals surface area contributed by atoms with Crippen molar-refractivity contribution < 1.29 is 23.5 Å². The zero-order valence-electron chi connectivity index (χ0n) is 18.1. The molecule has 1 aromatic carbocycles. The summed E-state index contributed by atoms with van der Waals surface area (Å²) >= 11 is 1.57. The lowest BCUT2D eigenvalue weighted by molar-refractivity contribution is -0.181. The summed E-state index contributed by atoms with van der Waals surface area (Å²) in [5.74, 6) is -0.283. The van der Waals surface area contributed by atoms with Crippen molar-refractivity contribution in [2.24, 2.45) is 0 Å². The summed E-state index contributed by atoms with van der Waals surface area (Å²) in [6.07, 6.45) is 3.12. The molecule has 3 aromatic rings. The second-order valence-electron chi connectivity index (χ2n) is 8.17. The van der Waals surface area contributed by atoms with Crippen molar-refractivity contribution >= 4 is 23.2 Å². The lowest BCUT2D eigenvalue weighted by Gasteiger charge is -2.37. The molecule has 0 saturated carbocycles. The standard InChI is InChI=1S/C24H25N3O5S/c28-21(14-19-2-1-13-33-19)25-15-17-3-5-18(6-4-17)22-26-20(16-30-22)23(29)27-9-7-24(8-10-27)31-11-12-32-24/h1-6,13,16H,7-12,14-15H2,(H,25,28). The highest BCUT2D eigenvalue weighted by molar-refractivity contribution is 7.10. The van der Waals surface area contributed by atoms with Crippen LogP contribution in [0.3, 0.4) is 0 Å². The Bertz CT molecular complexity index is 1090. The Balaban J connectivity index is 1.15. The summed E-state index contributed by atoms with van der Waals surface area (Å²) in [6, 6.07) is 11.5. The van der Waals surface area contributed by atoms with Crippen LogP contribution in [0.25, 0.3) is 11.5 Å². The van der Waals surface area contributed by atoms with E-state index in [-0.39, 0.29) is 11.8 Å². The Morgan fingerprint density at radius 1 is 1.09 bits per heavy atom. The van der Waals surface area contributed by atoms with Gasteiger partial charge < -0.3 is 24.1 Å². The van der Waals surface area contributed by atoms with Crippen LogP contribution in [-0.4, -0.2) is 53.8 Å². The first kappa shape index (κ1) is 21.8. The molecular weight excluding hydrogens is 442 g/mol. The van der Waals surface area contributed by atoms with E-state index in [1.165, 1.54) is 6.26 Å². The number of carbonyl (C=O) groups is 2. The minimum atomic E-state index is -0.517. The van der Waals surface area contributed by atoms with Gasteiger partial charge >= 0.3 is 0 Å². The number of oxazole rings is 1. The van der Waals surface area contributed by atoms with Gasteiger partial charge in [-0.15, -0.1) is 11.3 Å². The largest absolute Gasteiger partial charge is 0.444 e. The number of nitrogens with zero attached hydrogens (tertiary/aromatic N) is 2. The van der Waals surface area contributed by atoms with Crippen molar-refractivity contribution in [3.05, 3.63) is 64.2 Å². The summed E-state index contributed by atoms with van der Waals surface area (Å²) in [4.78, 5) is 32.1. The van der Waals surface area contributed by atoms with E-state index in [9.17, 15) is 9.59 Å². The number of likely N-dealkylation sites (tertiary alicyclic amines) is 1.